The Morgan fingerprint density at radius 2 is 1.71 bits per heavy atom. The van der Waals surface area contributed by atoms with Gasteiger partial charge in [0.2, 0.25) is 5.88 Å². The first-order valence-corrected chi connectivity index (χ1v) is 11.7. The van der Waals surface area contributed by atoms with E-state index in [1.165, 1.54) is 6.07 Å². The maximum absolute atomic E-state index is 12.9. The highest BCUT2D eigenvalue weighted by Crippen LogP contribution is 2.34. The number of alkyl halides is 6. The second-order valence-electron chi connectivity index (χ2n) is 7.81. The minimum Gasteiger partial charge on any atom is -0.468 e. The van der Waals surface area contributed by atoms with E-state index in [0.717, 1.165) is 30.5 Å². The first-order valence-electron chi connectivity index (χ1n) is 10.1. The maximum atomic E-state index is 12.9. The van der Waals surface area contributed by atoms with E-state index < -0.39 is 50.4 Å². The van der Waals surface area contributed by atoms with Gasteiger partial charge in [0.25, 0.3) is 5.91 Å². The highest BCUT2D eigenvalue weighted by Gasteiger charge is 2.36. The molecule has 186 valence electrons. The van der Waals surface area contributed by atoms with E-state index in [1.807, 2.05) is 0 Å². The molecule has 1 N–H and O–H groups in total. The van der Waals surface area contributed by atoms with Crippen LogP contribution in [-0.4, -0.2) is 43.4 Å². The van der Waals surface area contributed by atoms with Gasteiger partial charge in [-0.05, 0) is 49.9 Å². The van der Waals surface area contributed by atoms with Crippen molar-refractivity contribution >= 4 is 15.7 Å². The predicted molar refractivity (Wildman–Crippen MR) is 108 cm³/mol. The molecule has 0 bridgehead atoms. The van der Waals surface area contributed by atoms with Crippen LogP contribution < -0.4 is 10.1 Å². The summed E-state index contributed by atoms with van der Waals surface area (Å²) in [6, 6.07) is 5.61. The number of nitrogens with zero attached hydrogens (tertiary/aromatic N) is 1. The van der Waals surface area contributed by atoms with Crippen LogP contribution in [0.15, 0.2) is 47.5 Å². The zero-order valence-corrected chi connectivity index (χ0v) is 18.3. The number of hydrogen-bond donors (Lipinski definition) is 1. The van der Waals surface area contributed by atoms with Crippen molar-refractivity contribution in [2.75, 3.05) is 6.61 Å². The summed E-state index contributed by atoms with van der Waals surface area (Å²) in [6.45, 7) is -1.52. The Hall–Kier alpha value is -2.83. The van der Waals surface area contributed by atoms with Gasteiger partial charge in [0, 0.05) is 18.3 Å². The molecule has 1 aromatic heterocycles. The van der Waals surface area contributed by atoms with Crippen molar-refractivity contribution in [2.24, 2.45) is 0 Å². The highest BCUT2D eigenvalue weighted by molar-refractivity contribution is 7.92. The minimum atomic E-state index is -4.66. The fraction of sp³-hybridized carbons (Fsp3) is 0.429. The lowest BCUT2D eigenvalue weighted by atomic mass is 9.95. The van der Waals surface area contributed by atoms with E-state index >= 15 is 0 Å². The maximum Gasteiger partial charge on any atom is 0.422 e. The Morgan fingerprint density at radius 1 is 1.03 bits per heavy atom. The fourth-order valence-corrected chi connectivity index (χ4v) is 5.42. The number of carbonyl (C=O) groups is 1. The van der Waals surface area contributed by atoms with Crippen molar-refractivity contribution in [3.8, 4) is 5.88 Å². The van der Waals surface area contributed by atoms with Crippen LogP contribution in [0.4, 0.5) is 26.3 Å². The third kappa shape index (κ3) is 6.61. The van der Waals surface area contributed by atoms with Gasteiger partial charge in [-0.15, -0.1) is 0 Å². The standard InChI is InChI=1S/C21H20F6N2O4S/c22-20(23,24)12-33-18-9-4-13(11-28-18)19(30)29-15-5-7-16(8-6-15)34(31,32)17-3-1-2-14(10-17)21(25,26)27/h1-4,9-11,15-16H,5-8,12H2,(H,29,30)/t15-,16-. The Morgan fingerprint density at radius 3 is 2.26 bits per heavy atom. The summed E-state index contributed by atoms with van der Waals surface area (Å²) in [7, 11) is -3.99. The zero-order valence-electron chi connectivity index (χ0n) is 17.5. The number of sulfone groups is 1. The van der Waals surface area contributed by atoms with Gasteiger partial charge in [-0.2, -0.15) is 26.3 Å². The fourth-order valence-electron chi connectivity index (χ4n) is 3.58. The molecule has 13 heteroatoms. The summed E-state index contributed by atoms with van der Waals surface area (Å²) in [5.74, 6) is -0.840. The van der Waals surface area contributed by atoms with Crippen LogP contribution in [0, 0.1) is 0 Å². The molecule has 0 aliphatic heterocycles. The number of hydrogen-bond acceptors (Lipinski definition) is 5. The highest BCUT2D eigenvalue weighted by atomic mass is 32.2. The second-order valence-corrected chi connectivity index (χ2v) is 10.0. The van der Waals surface area contributed by atoms with E-state index in [2.05, 4.69) is 15.0 Å². The van der Waals surface area contributed by atoms with E-state index in [0.29, 0.717) is 6.07 Å². The van der Waals surface area contributed by atoms with Gasteiger partial charge in [-0.25, -0.2) is 13.4 Å². The Kier molecular flexibility index (Phi) is 7.44. The molecule has 34 heavy (non-hydrogen) atoms. The molecular weight excluding hydrogens is 490 g/mol. The van der Waals surface area contributed by atoms with Gasteiger partial charge in [-0.1, -0.05) is 6.07 Å². The number of carbonyl (C=O) groups excluding carboxylic acids is 1. The molecule has 6 nitrogen and oxygen atoms in total. The average molecular weight is 510 g/mol. The van der Waals surface area contributed by atoms with Crippen LogP contribution >= 0.6 is 0 Å². The molecule has 1 amide bonds. The van der Waals surface area contributed by atoms with Crippen molar-refractivity contribution in [3.63, 3.8) is 0 Å². The number of ether oxygens (including phenoxy) is 1. The monoisotopic (exact) mass is 510 g/mol. The largest absolute Gasteiger partial charge is 0.468 e. The molecule has 1 fully saturated rings. The molecule has 2 aromatic rings. The number of benzene rings is 1. The summed E-state index contributed by atoms with van der Waals surface area (Å²) in [5.41, 5.74) is -0.962. The average Bonchev–Trinajstić information content (AvgIpc) is 2.77. The zero-order chi connectivity index (χ0) is 25.1. The smallest absolute Gasteiger partial charge is 0.422 e. The van der Waals surface area contributed by atoms with Gasteiger partial charge >= 0.3 is 12.4 Å². The van der Waals surface area contributed by atoms with Crippen LogP contribution in [0.2, 0.25) is 0 Å². The van der Waals surface area contributed by atoms with E-state index in [1.54, 1.807) is 0 Å². The first-order chi connectivity index (χ1) is 15.8. The number of pyridine rings is 1. The minimum absolute atomic E-state index is 0.0815. The second kappa shape index (κ2) is 9.80. The lowest BCUT2D eigenvalue weighted by Crippen LogP contribution is -2.40. The Balaban J connectivity index is 1.56. The molecule has 3 rings (SSSR count). The van der Waals surface area contributed by atoms with Crippen LogP contribution in [-0.2, 0) is 16.0 Å². The third-order valence-electron chi connectivity index (χ3n) is 5.32. The van der Waals surface area contributed by atoms with Crippen LogP contribution in [0.1, 0.15) is 41.6 Å². The lowest BCUT2D eigenvalue weighted by Gasteiger charge is -2.29. The van der Waals surface area contributed by atoms with E-state index in [-0.39, 0.29) is 43.2 Å². The number of aromatic nitrogens is 1. The SMILES string of the molecule is O=C(N[C@H]1CC[C@H](S(=O)(=O)c2cccc(C(F)(F)F)c2)CC1)c1ccc(OCC(F)(F)F)nc1. The van der Waals surface area contributed by atoms with Gasteiger partial charge in [-0.3, -0.25) is 4.79 Å². The molecule has 0 unspecified atom stereocenters. The molecular formula is C21H20F6N2O4S. The van der Waals surface area contributed by atoms with Crippen molar-refractivity contribution in [1.29, 1.82) is 0 Å². The molecule has 0 atom stereocenters. The summed E-state index contributed by atoms with van der Waals surface area (Å²) in [5, 5.41) is 1.83. The van der Waals surface area contributed by atoms with Gasteiger partial charge in [0.15, 0.2) is 16.4 Å². The number of amides is 1. The van der Waals surface area contributed by atoms with Crippen molar-refractivity contribution < 1.29 is 44.3 Å². The van der Waals surface area contributed by atoms with E-state index in [9.17, 15) is 39.6 Å². The number of halogens is 6. The molecule has 1 saturated carbocycles. The first kappa shape index (κ1) is 25.8. The van der Waals surface area contributed by atoms with E-state index in [4.69, 9.17) is 0 Å². The molecule has 1 aliphatic carbocycles. The quantitative estimate of drug-likeness (QED) is 0.577. The summed E-state index contributed by atoms with van der Waals surface area (Å²) < 4.78 is 105. The normalized spacial score (nSPS) is 19.5. The van der Waals surface area contributed by atoms with Gasteiger partial charge in [0.05, 0.1) is 21.3 Å². The number of rotatable bonds is 6. The molecule has 1 heterocycles. The molecule has 0 saturated heterocycles. The van der Waals surface area contributed by atoms with Gasteiger partial charge < -0.3 is 10.1 Å². The van der Waals surface area contributed by atoms with Gasteiger partial charge in [0.1, 0.15) is 0 Å². The summed E-state index contributed by atoms with van der Waals surface area (Å²) in [4.78, 5) is 15.6. The topological polar surface area (TPSA) is 85.4 Å². The van der Waals surface area contributed by atoms with Crippen LogP contribution in [0.5, 0.6) is 5.88 Å². The summed E-state index contributed by atoms with van der Waals surface area (Å²) in [6.07, 6.45) is -7.26. The lowest BCUT2D eigenvalue weighted by molar-refractivity contribution is -0.154. The van der Waals surface area contributed by atoms with Crippen LogP contribution in [0.25, 0.3) is 0 Å². The van der Waals surface area contributed by atoms with Crippen LogP contribution in [0.3, 0.4) is 0 Å². The Labute approximate surface area is 191 Å². The Bertz CT molecular complexity index is 1110. The number of nitrogens with one attached hydrogen (secondary N) is 1. The van der Waals surface area contributed by atoms with Crippen molar-refractivity contribution in [3.05, 3.63) is 53.7 Å². The molecule has 1 aromatic carbocycles. The third-order valence-corrected chi connectivity index (χ3v) is 7.58. The summed E-state index contributed by atoms with van der Waals surface area (Å²) >= 11 is 0. The van der Waals surface area contributed by atoms with Crippen molar-refractivity contribution in [2.45, 2.75) is 54.2 Å². The molecule has 0 radical (unpaired) electrons. The van der Waals surface area contributed by atoms with Crippen molar-refractivity contribution in [1.82, 2.24) is 10.3 Å². The predicted octanol–water partition coefficient (Wildman–Crippen LogP) is 4.56. The molecule has 0 spiro atoms. The molecule has 1 aliphatic rings.